The Balaban J connectivity index is 2.99. The number of rotatable bonds is 2. The fourth-order valence-electron chi connectivity index (χ4n) is 1.12. The molecule has 0 saturated carbocycles. The third-order valence-electron chi connectivity index (χ3n) is 2.03. The van der Waals surface area contributed by atoms with Crippen molar-refractivity contribution in [1.82, 2.24) is 0 Å². The molecule has 116 valence electrons. The molecule has 0 saturated heterocycles. The van der Waals surface area contributed by atoms with Crippen LogP contribution >= 0.6 is 0 Å². The lowest BCUT2D eigenvalue weighted by molar-refractivity contribution is -0.167. The summed E-state index contributed by atoms with van der Waals surface area (Å²) < 4.78 is 72.4. The minimum Gasteiger partial charge on any atom is -0.776 e. The first-order valence-corrected chi connectivity index (χ1v) is 5.40. The molecule has 0 fully saturated rings. The van der Waals surface area contributed by atoms with Crippen molar-refractivity contribution in [1.29, 1.82) is 0 Å². The lowest BCUT2D eigenvalue weighted by atomic mass is 10.2. The van der Waals surface area contributed by atoms with Crippen LogP contribution in [0.5, 0.6) is 0 Å². The summed E-state index contributed by atoms with van der Waals surface area (Å²) in [6, 6.07) is 2.93. The second kappa shape index (κ2) is 5.76. The van der Waals surface area contributed by atoms with Crippen LogP contribution in [-0.4, -0.2) is 24.2 Å². The lowest BCUT2D eigenvalue weighted by Gasteiger charge is -2.21. The molecular weight excluding hydrogens is 326 g/mol. The average Bonchev–Trinajstić information content (AvgIpc) is 2.31. The smallest absolute Gasteiger partial charge is 0.471 e. The monoisotopic (exact) mass is 331 g/mol. The van der Waals surface area contributed by atoms with Gasteiger partial charge in [-0.1, -0.05) is 6.07 Å². The molecular formula is C10H5F6N2O2S-. The molecule has 0 aromatic heterocycles. The molecule has 0 aliphatic rings. The van der Waals surface area contributed by atoms with Gasteiger partial charge in [-0.15, -0.1) is 4.90 Å². The molecule has 1 rings (SSSR count). The van der Waals surface area contributed by atoms with Crippen LogP contribution in [0.25, 0.3) is 0 Å². The zero-order chi connectivity index (χ0) is 16.4. The van der Waals surface area contributed by atoms with E-state index in [-0.39, 0.29) is 0 Å². The second-order valence-electron chi connectivity index (χ2n) is 3.59. The number of halogens is 6. The number of alkyl halides is 6. The SMILES string of the molecule is O=C(Nc1cccc(NC(=O)C(F)(F)F)c1[S-])C(F)(F)F. The van der Waals surface area contributed by atoms with Gasteiger partial charge in [-0.2, -0.15) is 26.3 Å². The van der Waals surface area contributed by atoms with Gasteiger partial charge in [0.05, 0.1) is 0 Å². The number of nitrogens with one attached hydrogen (secondary N) is 2. The Bertz CT molecular complexity index is 523. The zero-order valence-corrected chi connectivity index (χ0v) is 10.5. The predicted molar refractivity (Wildman–Crippen MR) is 61.4 cm³/mol. The van der Waals surface area contributed by atoms with Crippen molar-refractivity contribution < 1.29 is 35.9 Å². The summed E-state index contributed by atoms with van der Waals surface area (Å²) in [7, 11) is 0. The van der Waals surface area contributed by atoms with Crippen LogP contribution in [0.2, 0.25) is 0 Å². The Morgan fingerprint density at radius 2 is 1.19 bits per heavy atom. The fourth-order valence-corrected chi connectivity index (χ4v) is 1.36. The number of hydrogen-bond acceptors (Lipinski definition) is 3. The summed E-state index contributed by atoms with van der Waals surface area (Å²) >= 11 is 4.61. The van der Waals surface area contributed by atoms with Gasteiger partial charge in [-0.05, 0) is 12.1 Å². The lowest BCUT2D eigenvalue weighted by Crippen LogP contribution is -2.31. The van der Waals surface area contributed by atoms with Gasteiger partial charge in [0.15, 0.2) is 0 Å². The van der Waals surface area contributed by atoms with Crippen LogP contribution in [0.3, 0.4) is 0 Å². The number of hydrogen-bond donors (Lipinski definition) is 2. The number of anilines is 2. The van der Waals surface area contributed by atoms with Gasteiger partial charge < -0.3 is 23.3 Å². The molecule has 0 radical (unpaired) electrons. The maximum atomic E-state index is 12.1. The standard InChI is InChI=1S/C10H6F6N2O2S/c11-9(12,13)7(19)17-4-2-1-3-5(6(4)21)18-8(20)10(14,15)16/h1-3,21H,(H,17,19)(H,18,20)/p-1. The maximum Gasteiger partial charge on any atom is 0.471 e. The van der Waals surface area contributed by atoms with Crippen LogP contribution in [0.1, 0.15) is 0 Å². The largest absolute Gasteiger partial charge is 0.776 e. The van der Waals surface area contributed by atoms with E-state index < -0.39 is 40.4 Å². The van der Waals surface area contributed by atoms with Gasteiger partial charge in [0.1, 0.15) is 0 Å². The van der Waals surface area contributed by atoms with E-state index in [1.807, 2.05) is 0 Å². The minimum absolute atomic E-state index is 0.549. The first kappa shape index (κ1) is 17.0. The van der Waals surface area contributed by atoms with Crippen molar-refractivity contribution in [3.63, 3.8) is 0 Å². The first-order valence-electron chi connectivity index (χ1n) is 4.99. The molecule has 2 N–H and O–H groups in total. The number of carbonyl (C=O) groups is 2. The summed E-state index contributed by atoms with van der Waals surface area (Å²) in [5.41, 5.74) is -1.10. The minimum atomic E-state index is -5.19. The van der Waals surface area contributed by atoms with Gasteiger partial charge in [-0.25, -0.2) is 0 Å². The average molecular weight is 331 g/mol. The van der Waals surface area contributed by atoms with E-state index in [4.69, 9.17) is 0 Å². The van der Waals surface area contributed by atoms with E-state index >= 15 is 0 Å². The van der Waals surface area contributed by atoms with Gasteiger partial charge in [0.25, 0.3) is 0 Å². The van der Waals surface area contributed by atoms with Crippen molar-refractivity contribution in [2.24, 2.45) is 0 Å². The van der Waals surface area contributed by atoms with E-state index in [2.05, 4.69) is 12.6 Å². The maximum absolute atomic E-state index is 12.1. The zero-order valence-electron chi connectivity index (χ0n) is 9.72. The van der Waals surface area contributed by atoms with Crippen LogP contribution in [-0.2, 0) is 22.2 Å². The molecule has 4 nitrogen and oxygen atoms in total. The van der Waals surface area contributed by atoms with E-state index in [1.54, 1.807) is 0 Å². The highest BCUT2D eigenvalue weighted by Gasteiger charge is 2.39. The second-order valence-corrected chi connectivity index (χ2v) is 3.99. The molecule has 1 aromatic rings. The topological polar surface area (TPSA) is 58.2 Å². The highest BCUT2D eigenvalue weighted by Crippen LogP contribution is 2.27. The van der Waals surface area contributed by atoms with Gasteiger partial charge in [0.2, 0.25) is 0 Å². The Morgan fingerprint density at radius 3 is 1.48 bits per heavy atom. The molecule has 21 heavy (non-hydrogen) atoms. The van der Waals surface area contributed by atoms with Crippen LogP contribution < -0.4 is 10.6 Å². The van der Waals surface area contributed by atoms with Crippen LogP contribution in [0, 0.1) is 0 Å². The summed E-state index contributed by atoms with van der Waals surface area (Å²) in [4.78, 5) is 20.9. The molecule has 0 aliphatic carbocycles. The Hall–Kier alpha value is -2.04. The molecule has 0 unspecified atom stereocenters. The summed E-state index contributed by atoms with van der Waals surface area (Å²) in [5, 5.41) is 2.80. The quantitative estimate of drug-likeness (QED) is 0.647. The van der Waals surface area contributed by atoms with E-state index in [0.29, 0.717) is 0 Å². The molecule has 0 spiro atoms. The van der Waals surface area contributed by atoms with Crippen molar-refractivity contribution >= 4 is 35.8 Å². The van der Waals surface area contributed by atoms with Crippen LogP contribution in [0.4, 0.5) is 37.7 Å². The van der Waals surface area contributed by atoms with Crippen molar-refractivity contribution in [3.05, 3.63) is 18.2 Å². The summed E-state index contributed by atoms with van der Waals surface area (Å²) in [5.74, 6) is -4.68. The summed E-state index contributed by atoms with van der Waals surface area (Å²) in [6.07, 6.45) is -10.4. The molecule has 0 atom stereocenters. The highest BCUT2D eigenvalue weighted by atomic mass is 32.1. The van der Waals surface area contributed by atoms with Crippen molar-refractivity contribution in [3.8, 4) is 0 Å². The third kappa shape index (κ3) is 4.48. The number of carbonyl (C=O) groups excluding carboxylic acids is 2. The van der Waals surface area contributed by atoms with Crippen molar-refractivity contribution in [2.75, 3.05) is 10.6 Å². The first-order chi connectivity index (χ1) is 9.43. The van der Waals surface area contributed by atoms with Gasteiger partial charge >= 0.3 is 24.2 Å². The third-order valence-corrected chi connectivity index (χ3v) is 2.47. The molecule has 0 heterocycles. The van der Waals surface area contributed by atoms with E-state index in [1.165, 1.54) is 10.6 Å². The number of amides is 2. The van der Waals surface area contributed by atoms with E-state index in [9.17, 15) is 35.9 Å². The Labute approximate surface area is 118 Å². The van der Waals surface area contributed by atoms with Gasteiger partial charge in [-0.3, -0.25) is 9.59 Å². The normalized spacial score (nSPS) is 11.9. The molecule has 11 heteroatoms. The molecule has 0 aliphatic heterocycles. The predicted octanol–water partition coefficient (Wildman–Crippen LogP) is 2.59. The number of benzene rings is 1. The Kier molecular flexibility index (Phi) is 4.66. The highest BCUT2D eigenvalue weighted by molar-refractivity contribution is 7.59. The molecule has 1 aromatic carbocycles. The van der Waals surface area contributed by atoms with Crippen molar-refractivity contribution in [2.45, 2.75) is 17.2 Å². The van der Waals surface area contributed by atoms with Gasteiger partial charge in [0, 0.05) is 11.4 Å². The summed E-state index contributed by atoms with van der Waals surface area (Å²) in [6.45, 7) is 0. The molecule has 0 bridgehead atoms. The Morgan fingerprint density at radius 1 is 0.857 bits per heavy atom. The van der Waals surface area contributed by atoms with Crippen LogP contribution in [0.15, 0.2) is 23.1 Å². The molecule has 2 amide bonds. The fraction of sp³-hybridized carbons (Fsp3) is 0.200. The van der Waals surface area contributed by atoms with E-state index in [0.717, 1.165) is 18.2 Å².